The number of methoxy groups -OCH3 is 1. The highest BCUT2D eigenvalue weighted by atomic mass is 35.5. The summed E-state index contributed by atoms with van der Waals surface area (Å²) in [5, 5.41) is 0.712. The van der Waals surface area contributed by atoms with Crippen LogP contribution in [0.5, 0.6) is 11.5 Å². The Kier molecular flexibility index (Phi) is 9.04. The van der Waals surface area contributed by atoms with E-state index in [0.29, 0.717) is 17.5 Å². The summed E-state index contributed by atoms with van der Waals surface area (Å²) in [6.07, 6.45) is 0.728. The summed E-state index contributed by atoms with van der Waals surface area (Å²) in [7, 11) is 5.74. The molecule has 0 aromatic heterocycles. The molecule has 0 aliphatic heterocycles. The monoisotopic (exact) mass is 469 g/mol. The van der Waals surface area contributed by atoms with Crippen LogP contribution in [0.3, 0.4) is 0 Å². The topological polar surface area (TPSA) is 21.7 Å². The van der Waals surface area contributed by atoms with E-state index in [4.69, 9.17) is 32.7 Å². The van der Waals surface area contributed by atoms with E-state index in [1.807, 2.05) is 62.6 Å². The first-order chi connectivity index (χ1) is 15.5. The molecule has 0 heterocycles. The molecule has 168 valence electrons. The van der Waals surface area contributed by atoms with E-state index in [2.05, 4.69) is 29.2 Å². The maximum atomic E-state index is 6.25. The largest absolute Gasteiger partial charge is 0.497 e. The molecule has 0 saturated heterocycles. The predicted octanol–water partition coefficient (Wildman–Crippen LogP) is 6.88. The number of likely N-dealkylation sites (N-methyl/N-ethyl adjacent to an activating group) is 1. The fraction of sp³-hybridized carbons (Fsp3) is 0.259. The van der Waals surface area contributed by atoms with Gasteiger partial charge in [0, 0.05) is 17.4 Å². The third-order valence-corrected chi connectivity index (χ3v) is 5.61. The van der Waals surface area contributed by atoms with Crippen molar-refractivity contribution in [1.82, 2.24) is 4.90 Å². The second-order valence-electron chi connectivity index (χ2n) is 7.70. The van der Waals surface area contributed by atoms with Crippen molar-refractivity contribution in [1.29, 1.82) is 0 Å². The molecule has 0 amide bonds. The van der Waals surface area contributed by atoms with E-state index >= 15 is 0 Å². The smallest absolute Gasteiger partial charge is 0.119 e. The maximum Gasteiger partial charge on any atom is 0.119 e. The molecular formula is C27H29Cl2NO2. The second kappa shape index (κ2) is 12.0. The highest BCUT2D eigenvalue weighted by molar-refractivity contribution is 6.30. The second-order valence-corrected chi connectivity index (χ2v) is 8.52. The first-order valence-electron chi connectivity index (χ1n) is 10.6. The Hall–Kier alpha value is -2.46. The lowest BCUT2D eigenvalue weighted by Gasteiger charge is -2.18. The van der Waals surface area contributed by atoms with Gasteiger partial charge in [-0.2, -0.15) is 0 Å². The van der Waals surface area contributed by atoms with Crippen LogP contribution in [0.4, 0.5) is 0 Å². The van der Waals surface area contributed by atoms with Crippen LogP contribution in [0.25, 0.3) is 11.1 Å². The molecule has 0 unspecified atom stereocenters. The van der Waals surface area contributed by atoms with Gasteiger partial charge in [-0.15, -0.1) is 11.6 Å². The Balaban J connectivity index is 2.07. The fourth-order valence-electron chi connectivity index (χ4n) is 3.50. The molecule has 0 bridgehead atoms. The van der Waals surface area contributed by atoms with Gasteiger partial charge in [-0.05, 0) is 84.8 Å². The van der Waals surface area contributed by atoms with Crippen LogP contribution in [-0.2, 0) is 0 Å². The van der Waals surface area contributed by atoms with Gasteiger partial charge in [0.05, 0.1) is 7.11 Å². The minimum absolute atomic E-state index is 0.517. The summed E-state index contributed by atoms with van der Waals surface area (Å²) in [5.74, 6) is 2.20. The molecule has 0 fully saturated rings. The first-order valence-corrected chi connectivity index (χ1v) is 11.5. The molecule has 3 rings (SSSR count). The minimum atomic E-state index is 0.517. The molecule has 0 aliphatic rings. The Morgan fingerprint density at radius 3 is 1.81 bits per heavy atom. The van der Waals surface area contributed by atoms with Crippen molar-refractivity contribution >= 4 is 34.3 Å². The van der Waals surface area contributed by atoms with Crippen molar-refractivity contribution in [2.45, 2.75) is 6.42 Å². The van der Waals surface area contributed by atoms with Crippen LogP contribution in [0.15, 0.2) is 72.8 Å². The summed E-state index contributed by atoms with van der Waals surface area (Å²) >= 11 is 12.4. The summed E-state index contributed by atoms with van der Waals surface area (Å²) in [4.78, 5) is 2.10. The van der Waals surface area contributed by atoms with Crippen LogP contribution < -0.4 is 9.47 Å². The lowest BCUT2D eigenvalue weighted by atomic mass is 9.88. The van der Waals surface area contributed by atoms with Crippen molar-refractivity contribution in [3.05, 3.63) is 94.5 Å². The Morgan fingerprint density at radius 1 is 0.781 bits per heavy atom. The molecule has 0 aliphatic carbocycles. The van der Waals surface area contributed by atoms with Gasteiger partial charge in [-0.1, -0.05) is 48.0 Å². The van der Waals surface area contributed by atoms with Gasteiger partial charge in [0.2, 0.25) is 0 Å². The third-order valence-electron chi connectivity index (χ3n) is 5.17. The normalized spacial score (nSPS) is 11.9. The Bertz CT molecular complexity index is 1010. The zero-order valence-corrected chi connectivity index (χ0v) is 20.3. The number of alkyl halides is 1. The van der Waals surface area contributed by atoms with Gasteiger partial charge in [-0.25, -0.2) is 0 Å². The van der Waals surface area contributed by atoms with Crippen molar-refractivity contribution in [3.8, 4) is 11.5 Å². The van der Waals surface area contributed by atoms with E-state index in [9.17, 15) is 0 Å². The van der Waals surface area contributed by atoms with Crippen LogP contribution in [0.2, 0.25) is 5.02 Å². The lowest BCUT2D eigenvalue weighted by molar-refractivity contribution is 0.261. The van der Waals surface area contributed by atoms with E-state index < -0.39 is 0 Å². The Labute approximate surface area is 201 Å². The van der Waals surface area contributed by atoms with Gasteiger partial charge < -0.3 is 14.4 Å². The lowest BCUT2D eigenvalue weighted by Crippen LogP contribution is -2.19. The van der Waals surface area contributed by atoms with Gasteiger partial charge in [0.25, 0.3) is 0 Å². The van der Waals surface area contributed by atoms with Crippen LogP contribution in [0, 0.1) is 0 Å². The van der Waals surface area contributed by atoms with Crippen molar-refractivity contribution in [3.63, 3.8) is 0 Å². The number of ether oxygens (including phenoxy) is 2. The van der Waals surface area contributed by atoms with Crippen molar-refractivity contribution < 1.29 is 9.47 Å². The Morgan fingerprint density at radius 2 is 1.31 bits per heavy atom. The van der Waals surface area contributed by atoms with Crippen LogP contribution >= 0.6 is 23.2 Å². The summed E-state index contributed by atoms with van der Waals surface area (Å²) in [6.45, 7) is 1.52. The predicted molar refractivity (Wildman–Crippen MR) is 136 cm³/mol. The van der Waals surface area contributed by atoms with E-state index in [1.165, 1.54) is 5.57 Å². The summed E-state index contributed by atoms with van der Waals surface area (Å²) < 4.78 is 11.2. The van der Waals surface area contributed by atoms with Gasteiger partial charge in [0.15, 0.2) is 0 Å². The van der Waals surface area contributed by atoms with Crippen LogP contribution in [-0.4, -0.2) is 45.1 Å². The van der Waals surface area contributed by atoms with Gasteiger partial charge in [-0.3, -0.25) is 0 Å². The first kappa shape index (κ1) is 24.2. The van der Waals surface area contributed by atoms with E-state index in [1.54, 1.807) is 7.11 Å². The van der Waals surface area contributed by atoms with Crippen LogP contribution in [0.1, 0.15) is 23.1 Å². The molecule has 0 N–H and O–H groups in total. The molecule has 3 aromatic rings. The number of rotatable bonds is 10. The average molecular weight is 470 g/mol. The molecule has 0 radical (unpaired) electrons. The number of nitrogens with zero attached hydrogens (tertiary/aromatic N) is 1. The summed E-state index contributed by atoms with van der Waals surface area (Å²) in [6, 6.07) is 24.3. The number of halogens is 2. The van der Waals surface area contributed by atoms with Crippen molar-refractivity contribution in [2.24, 2.45) is 0 Å². The molecule has 3 nitrogen and oxygen atoms in total. The SMILES string of the molecule is COc1ccc(/C(=C(/CCCl)c2ccc(Cl)cc2)c2ccc(OCCN(C)C)cc2)cc1. The minimum Gasteiger partial charge on any atom is -0.497 e. The standard InChI is InChI=1S/C27H29Cl2NO2/c1-30(2)18-19-32-25-14-8-22(9-15-25)27(21-6-12-24(31-3)13-7-21)26(16-17-28)20-4-10-23(29)11-5-20/h4-15H,16-19H2,1-3H3/b27-26+. The van der Waals surface area contributed by atoms with E-state index in [-0.39, 0.29) is 0 Å². The summed E-state index contributed by atoms with van der Waals surface area (Å²) in [5.41, 5.74) is 5.61. The highest BCUT2D eigenvalue weighted by Crippen LogP contribution is 2.36. The quantitative estimate of drug-likeness (QED) is 0.238. The third kappa shape index (κ3) is 6.52. The average Bonchev–Trinajstić information content (AvgIpc) is 2.80. The number of hydrogen-bond donors (Lipinski definition) is 0. The number of allylic oxidation sites excluding steroid dienone is 1. The van der Waals surface area contributed by atoms with Gasteiger partial charge in [0.1, 0.15) is 18.1 Å². The molecule has 32 heavy (non-hydrogen) atoms. The van der Waals surface area contributed by atoms with E-state index in [0.717, 1.165) is 46.7 Å². The van der Waals surface area contributed by atoms with Gasteiger partial charge >= 0.3 is 0 Å². The molecule has 0 spiro atoms. The molecule has 0 atom stereocenters. The number of hydrogen-bond acceptors (Lipinski definition) is 3. The zero-order valence-electron chi connectivity index (χ0n) is 18.8. The maximum absolute atomic E-state index is 6.25. The molecular weight excluding hydrogens is 441 g/mol. The molecule has 3 aromatic carbocycles. The fourth-order valence-corrected chi connectivity index (χ4v) is 3.81. The number of benzene rings is 3. The molecule has 5 heteroatoms. The highest BCUT2D eigenvalue weighted by Gasteiger charge is 2.15. The van der Waals surface area contributed by atoms with Crippen molar-refractivity contribution in [2.75, 3.05) is 40.2 Å². The molecule has 0 saturated carbocycles. The zero-order chi connectivity index (χ0) is 22.9.